The van der Waals surface area contributed by atoms with Crippen molar-refractivity contribution in [3.63, 3.8) is 0 Å². The van der Waals surface area contributed by atoms with Gasteiger partial charge in [0.25, 0.3) is 10.0 Å². The molecule has 0 spiro atoms. The van der Waals surface area contributed by atoms with Gasteiger partial charge in [0.05, 0.1) is 16.4 Å². The molecule has 0 saturated carbocycles. The summed E-state index contributed by atoms with van der Waals surface area (Å²) in [5.41, 5.74) is 0.257. The van der Waals surface area contributed by atoms with Crippen LogP contribution in [0.3, 0.4) is 0 Å². The lowest BCUT2D eigenvalue weighted by atomic mass is 10.4. The summed E-state index contributed by atoms with van der Waals surface area (Å²) >= 11 is 16.2. The van der Waals surface area contributed by atoms with Crippen molar-refractivity contribution in [2.75, 3.05) is 4.72 Å². The van der Waals surface area contributed by atoms with Crippen LogP contribution in [0, 0.1) is 0 Å². The minimum Gasteiger partial charge on any atom is -0.278 e. The van der Waals surface area contributed by atoms with Gasteiger partial charge in [0.2, 0.25) is 0 Å². The SMILES string of the molecule is O=S(=O)(Nc1cnc(Cl)c(Br)c1)c1c(Cl)nc2sccn12. The van der Waals surface area contributed by atoms with Gasteiger partial charge in [0, 0.05) is 11.6 Å². The topological polar surface area (TPSA) is 76.4 Å². The number of thiazole rings is 1. The Bertz CT molecular complexity index is 938. The molecule has 0 unspecified atom stereocenters. The monoisotopic (exact) mass is 426 g/mol. The summed E-state index contributed by atoms with van der Waals surface area (Å²) in [6, 6.07) is 1.51. The molecular formula is C10H5BrCl2N4O2S2. The molecule has 110 valence electrons. The summed E-state index contributed by atoms with van der Waals surface area (Å²) < 4.78 is 29.2. The van der Waals surface area contributed by atoms with Gasteiger partial charge in [-0.2, -0.15) is 8.42 Å². The number of nitrogens with one attached hydrogen (secondary N) is 1. The van der Waals surface area contributed by atoms with Crippen LogP contribution in [0.2, 0.25) is 10.3 Å². The molecular weight excluding hydrogens is 423 g/mol. The number of sulfonamides is 1. The van der Waals surface area contributed by atoms with Crippen LogP contribution in [0.4, 0.5) is 5.69 Å². The molecule has 0 atom stereocenters. The number of pyridine rings is 1. The summed E-state index contributed by atoms with van der Waals surface area (Å²) in [6.45, 7) is 0. The van der Waals surface area contributed by atoms with Crippen molar-refractivity contribution in [3.8, 4) is 0 Å². The Kier molecular flexibility index (Phi) is 3.87. The first-order valence-electron chi connectivity index (χ1n) is 5.33. The highest BCUT2D eigenvalue weighted by atomic mass is 79.9. The van der Waals surface area contributed by atoms with Crippen molar-refractivity contribution in [2.45, 2.75) is 5.03 Å². The van der Waals surface area contributed by atoms with Gasteiger partial charge in [-0.3, -0.25) is 9.12 Å². The standard InChI is InChI=1S/C10H5BrCl2N4O2S2/c11-6-3-5(4-14-7(6)12)16-21(18,19)9-8(13)15-10-17(9)1-2-20-10/h1-4,16H. The molecule has 0 aliphatic carbocycles. The first-order valence-corrected chi connectivity index (χ1v) is 9.24. The Labute approximate surface area is 141 Å². The van der Waals surface area contributed by atoms with E-state index in [2.05, 4.69) is 30.6 Å². The first kappa shape index (κ1) is 15.0. The Morgan fingerprint density at radius 3 is 2.81 bits per heavy atom. The molecule has 0 bridgehead atoms. The van der Waals surface area contributed by atoms with Crippen molar-refractivity contribution in [1.82, 2.24) is 14.4 Å². The quantitative estimate of drug-likeness (QED) is 0.647. The van der Waals surface area contributed by atoms with E-state index < -0.39 is 10.0 Å². The highest BCUT2D eigenvalue weighted by Gasteiger charge is 2.25. The molecule has 0 saturated heterocycles. The van der Waals surface area contributed by atoms with E-state index in [9.17, 15) is 8.42 Å². The van der Waals surface area contributed by atoms with E-state index in [0.29, 0.717) is 9.43 Å². The lowest BCUT2D eigenvalue weighted by molar-refractivity contribution is 0.596. The largest absolute Gasteiger partial charge is 0.281 e. The molecule has 21 heavy (non-hydrogen) atoms. The maximum atomic E-state index is 12.5. The Hall–Kier alpha value is -0.870. The number of anilines is 1. The van der Waals surface area contributed by atoms with E-state index in [1.807, 2.05) is 0 Å². The Morgan fingerprint density at radius 2 is 2.10 bits per heavy atom. The second kappa shape index (κ2) is 5.40. The minimum absolute atomic E-state index is 0.0876. The van der Waals surface area contributed by atoms with Crippen LogP contribution in [-0.2, 0) is 10.0 Å². The van der Waals surface area contributed by atoms with E-state index in [-0.39, 0.29) is 21.0 Å². The van der Waals surface area contributed by atoms with E-state index in [1.165, 1.54) is 28.0 Å². The molecule has 0 aliphatic rings. The van der Waals surface area contributed by atoms with Crippen LogP contribution in [0.25, 0.3) is 4.96 Å². The van der Waals surface area contributed by atoms with Gasteiger partial charge >= 0.3 is 0 Å². The smallest absolute Gasteiger partial charge is 0.278 e. The fraction of sp³-hybridized carbons (Fsp3) is 0. The molecule has 11 heteroatoms. The molecule has 0 radical (unpaired) electrons. The van der Waals surface area contributed by atoms with Crippen molar-refractivity contribution >= 4 is 71.1 Å². The second-order valence-corrected chi connectivity index (χ2v) is 7.91. The van der Waals surface area contributed by atoms with Crippen LogP contribution in [0.15, 0.2) is 33.3 Å². The molecule has 0 amide bonds. The number of imidazole rings is 1. The lowest BCUT2D eigenvalue weighted by Gasteiger charge is -2.08. The molecule has 3 rings (SSSR count). The molecule has 0 fully saturated rings. The van der Waals surface area contributed by atoms with Crippen molar-refractivity contribution < 1.29 is 8.42 Å². The van der Waals surface area contributed by atoms with Gasteiger partial charge < -0.3 is 0 Å². The van der Waals surface area contributed by atoms with Crippen LogP contribution in [0.1, 0.15) is 0 Å². The number of nitrogens with zero attached hydrogens (tertiary/aromatic N) is 3. The third kappa shape index (κ3) is 2.76. The highest BCUT2D eigenvalue weighted by Crippen LogP contribution is 2.28. The van der Waals surface area contributed by atoms with Gasteiger partial charge in [0.1, 0.15) is 5.15 Å². The predicted octanol–water partition coefficient (Wildman–Crippen LogP) is 3.66. The van der Waals surface area contributed by atoms with Crippen LogP contribution >= 0.6 is 50.5 Å². The first-order chi connectivity index (χ1) is 9.88. The van der Waals surface area contributed by atoms with Gasteiger partial charge in [-0.05, 0) is 22.0 Å². The summed E-state index contributed by atoms with van der Waals surface area (Å²) in [5.74, 6) is 0. The Morgan fingerprint density at radius 1 is 1.33 bits per heavy atom. The third-order valence-corrected chi connectivity index (χ3v) is 6.15. The van der Waals surface area contributed by atoms with Crippen molar-refractivity contribution in [1.29, 1.82) is 0 Å². The summed E-state index contributed by atoms with van der Waals surface area (Å²) in [4.78, 5) is 8.35. The van der Waals surface area contributed by atoms with E-state index in [0.717, 1.165) is 0 Å². The zero-order valence-corrected chi connectivity index (χ0v) is 14.6. The van der Waals surface area contributed by atoms with Crippen LogP contribution in [0.5, 0.6) is 0 Å². The van der Waals surface area contributed by atoms with Crippen LogP contribution in [-0.4, -0.2) is 22.8 Å². The minimum atomic E-state index is -3.91. The molecule has 1 N–H and O–H groups in total. The number of hydrogen-bond acceptors (Lipinski definition) is 5. The predicted molar refractivity (Wildman–Crippen MR) is 85.8 cm³/mol. The summed E-state index contributed by atoms with van der Waals surface area (Å²) in [5, 5.41) is 1.75. The molecule has 0 aliphatic heterocycles. The van der Waals surface area contributed by atoms with Crippen molar-refractivity contribution in [2.24, 2.45) is 0 Å². The van der Waals surface area contributed by atoms with Gasteiger partial charge in [-0.1, -0.05) is 23.2 Å². The van der Waals surface area contributed by atoms with Crippen molar-refractivity contribution in [3.05, 3.63) is 38.6 Å². The van der Waals surface area contributed by atoms with Crippen LogP contribution < -0.4 is 4.72 Å². The molecule has 0 aromatic carbocycles. The maximum Gasteiger partial charge on any atom is 0.281 e. The number of halogens is 3. The third-order valence-electron chi connectivity index (χ3n) is 2.48. The average molecular weight is 428 g/mol. The number of fused-ring (bicyclic) bond motifs is 1. The Balaban J connectivity index is 2.06. The normalized spacial score (nSPS) is 12.0. The maximum absolute atomic E-state index is 12.5. The molecule has 3 aromatic rings. The van der Waals surface area contributed by atoms with E-state index >= 15 is 0 Å². The summed E-state index contributed by atoms with van der Waals surface area (Å²) in [6.07, 6.45) is 2.90. The van der Waals surface area contributed by atoms with Gasteiger partial charge in [0.15, 0.2) is 15.1 Å². The fourth-order valence-electron chi connectivity index (χ4n) is 1.66. The van der Waals surface area contributed by atoms with Gasteiger partial charge in [-0.15, -0.1) is 11.3 Å². The number of hydrogen-bond donors (Lipinski definition) is 1. The van der Waals surface area contributed by atoms with Gasteiger partial charge in [-0.25, -0.2) is 9.97 Å². The van der Waals surface area contributed by atoms with E-state index in [1.54, 1.807) is 11.6 Å². The highest BCUT2D eigenvalue weighted by molar-refractivity contribution is 9.10. The average Bonchev–Trinajstić information content (AvgIpc) is 2.92. The molecule has 3 heterocycles. The second-order valence-electron chi connectivity index (χ2n) is 3.87. The lowest BCUT2D eigenvalue weighted by Crippen LogP contribution is -2.15. The molecule has 6 nitrogen and oxygen atoms in total. The molecule has 3 aromatic heterocycles. The zero-order valence-electron chi connectivity index (χ0n) is 9.92. The number of rotatable bonds is 3. The van der Waals surface area contributed by atoms with E-state index in [4.69, 9.17) is 23.2 Å². The summed E-state index contributed by atoms with van der Waals surface area (Å²) in [7, 11) is -3.91. The zero-order chi connectivity index (χ0) is 15.2. The fourth-order valence-corrected chi connectivity index (χ4v) is 4.60. The number of aromatic nitrogens is 3.